The third-order valence-corrected chi connectivity index (χ3v) is 4.67. The van der Waals surface area contributed by atoms with E-state index in [2.05, 4.69) is 32.2 Å². The lowest BCUT2D eigenvalue weighted by Crippen LogP contribution is -2.08. The molecule has 7 heteroatoms. The summed E-state index contributed by atoms with van der Waals surface area (Å²) in [7, 11) is 1.70. The van der Waals surface area contributed by atoms with E-state index in [4.69, 9.17) is 16.3 Å². The number of ether oxygens (including phenoxy) is 1. The van der Waals surface area contributed by atoms with Gasteiger partial charge in [-0.05, 0) is 36.4 Å². The predicted octanol–water partition coefficient (Wildman–Crippen LogP) is 4.27. The first-order valence-corrected chi connectivity index (χ1v) is 9.25. The monoisotopic (exact) mass is 374 g/mol. The van der Waals surface area contributed by atoms with Crippen molar-refractivity contribution in [3.63, 3.8) is 0 Å². The Labute approximate surface area is 156 Å². The minimum absolute atomic E-state index is 0.564. The maximum absolute atomic E-state index is 5.93. The van der Waals surface area contributed by atoms with E-state index < -0.39 is 0 Å². The standard InChI is InChI=1S/C18H19ClN4OS/c1-24-11-12-25-18-22-21-17(23(18)16-5-3-2-4-6-16)13-20-15-9-7-14(19)8-10-15/h2-10,20H,11-13H2,1H3. The van der Waals surface area contributed by atoms with Crippen LogP contribution in [-0.4, -0.2) is 34.2 Å². The topological polar surface area (TPSA) is 52.0 Å². The Hall–Kier alpha value is -2.02. The Kier molecular flexibility index (Phi) is 6.33. The maximum Gasteiger partial charge on any atom is 0.195 e. The van der Waals surface area contributed by atoms with Gasteiger partial charge in [-0.15, -0.1) is 10.2 Å². The maximum atomic E-state index is 5.93. The molecule has 130 valence electrons. The molecule has 0 amide bonds. The van der Waals surface area contributed by atoms with E-state index in [1.807, 2.05) is 42.5 Å². The molecule has 0 radical (unpaired) electrons. The molecule has 0 saturated carbocycles. The molecule has 0 saturated heterocycles. The Morgan fingerprint density at radius 3 is 2.56 bits per heavy atom. The van der Waals surface area contributed by atoms with Crippen LogP contribution in [0, 0.1) is 0 Å². The van der Waals surface area contributed by atoms with Gasteiger partial charge in [0.1, 0.15) is 0 Å². The molecule has 3 rings (SSSR count). The van der Waals surface area contributed by atoms with Gasteiger partial charge in [0.15, 0.2) is 11.0 Å². The summed E-state index contributed by atoms with van der Waals surface area (Å²) in [5.41, 5.74) is 2.03. The lowest BCUT2D eigenvalue weighted by molar-refractivity contribution is 0.218. The number of nitrogens with zero attached hydrogens (tertiary/aromatic N) is 3. The van der Waals surface area contributed by atoms with Crippen LogP contribution in [0.5, 0.6) is 0 Å². The molecule has 1 heterocycles. The number of aromatic nitrogens is 3. The second-order valence-corrected chi connectivity index (χ2v) is 6.77. The number of benzene rings is 2. The smallest absolute Gasteiger partial charge is 0.195 e. The van der Waals surface area contributed by atoms with Gasteiger partial charge in [0.2, 0.25) is 0 Å². The number of nitrogens with one attached hydrogen (secondary N) is 1. The average Bonchev–Trinajstić information content (AvgIpc) is 3.05. The van der Waals surface area contributed by atoms with E-state index in [-0.39, 0.29) is 0 Å². The first-order chi connectivity index (χ1) is 12.3. The molecular formula is C18H19ClN4OS. The largest absolute Gasteiger partial charge is 0.384 e. The fourth-order valence-corrected chi connectivity index (χ4v) is 3.31. The minimum atomic E-state index is 0.564. The molecule has 0 aliphatic carbocycles. The summed E-state index contributed by atoms with van der Waals surface area (Å²) in [6.45, 7) is 1.24. The fourth-order valence-electron chi connectivity index (χ4n) is 2.31. The van der Waals surface area contributed by atoms with Crippen molar-refractivity contribution in [2.75, 3.05) is 24.8 Å². The molecule has 2 aromatic carbocycles. The number of methoxy groups -OCH3 is 1. The fraction of sp³-hybridized carbons (Fsp3) is 0.222. The Balaban J connectivity index is 1.81. The van der Waals surface area contributed by atoms with E-state index in [0.717, 1.165) is 33.1 Å². The highest BCUT2D eigenvalue weighted by Gasteiger charge is 2.14. The van der Waals surface area contributed by atoms with E-state index in [9.17, 15) is 0 Å². The minimum Gasteiger partial charge on any atom is -0.384 e. The number of anilines is 1. The van der Waals surface area contributed by atoms with E-state index in [0.29, 0.717) is 13.2 Å². The third kappa shape index (κ3) is 4.75. The van der Waals surface area contributed by atoms with Crippen LogP contribution in [0.4, 0.5) is 5.69 Å². The van der Waals surface area contributed by atoms with Crippen LogP contribution in [0.15, 0.2) is 59.8 Å². The number of hydrogen-bond acceptors (Lipinski definition) is 5. The van der Waals surface area contributed by atoms with Crippen molar-refractivity contribution in [3.05, 3.63) is 65.4 Å². The number of thioether (sulfide) groups is 1. The van der Waals surface area contributed by atoms with Crippen LogP contribution < -0.4 is 5.32 Å². The van der Waals surface area contributed by atoms with Crippen molar-refractivity contribution in [2.24, 2.45) is 0 Å². The van der Waals surface area contributed by atoms with Gasteiger partial charge in [-0.2, -0.15) is 0 Å². The van der Waals surface area contributed by atoms with Gasteiger partial charge in [-0.3, -0.25) is 4.57 Å². The van der Waals surface area contributed by atoms with Crippen LogP contribution in [0.25, 0.3) is 5.69 Å². The molecule has 0 aliphatic heterocycles. The van der Waals surface area contributed by atoms with Gasteiger partial charge in [0.25, 0.3) is 0 Å². The third-order valence-electron chi connectivity index (χ3n) is 3.53. The van der Waals surface area contributed by atoms with Crippen molar-refractivity contribution >= 4 is 29.1 Å². The molecule has 0 aliphatic rings. The van der Waals surface area contributed by atoms with Crippen molar-refractivity contribution in [2.45, 2.75) is 11.7 Å². The SMILES string of the molecule is COCCSc1nnc(CNc2ccc(Cl)cc2)n1-c1ccccc1. The highest BCUT2D eigenvalue weighted by molar-refractivity contribution is 7.99. The number of rotatable bonds is 8. The second-order valence-electron chi connectivity index (χ2n) is 5.27. The van der Waals surface area contributed by atoms with Crippen LogP contribution >= 0.6 is 23.4 Å². The molecule has 0 bridgehead atoms. The molecular weight excluding hydrogens is 356 g/mol. The van der Waals surface area contributed by atoms with Crippen molar-refractivity contribution in [1.82, 2.24) is 14.8 Å². The average molecular weight is 375 g/mol. The van der Waals surface area contributed by atoms with E-state index in [1.54, 1.807) is 18.9 Å². The van der Waals surface area contributed by atoms with Crippen LogP contribution in [0.3, 0.4) is 0 Å². The molecule has 3 aromatic rings. The zero-order valence-corrected chi connectivity index (χ0v) is 15.4. The molecule has 0 unspecified atom stereocenters. The van der Waals surface area contributed by atoms with Crippen LogP contribution in [0.2, 0.25) is 5.02 Å². The van der Waals surface area contributed by atoms with E-state index >= 15 is 0 Å². The van der Waals surface area contributed by atoms with Gasteiger partial charge in [0.05, 0.1) is 13.2 Å². The summed E-state index contributed by atoms with van der Waals surface area (Å²) in [5, 5.41) is 13.7. The molecule has 25 heavy (non-hydrogen) atoms. The van der Waals surface area contributed by atoms with Crippen molar-refractivity contribution < 1.29 is 4.74 Å². The van der Waals surface area contributed by atoms with Gasteiger partial charge >= 0.3 is 0 Å². The zero-order valence-electron chi connectivity index (χ0n) is 13.9. The van der Waals surface area contributed by atoms with Gasteiger partial charge in [0, 0.05) is 29.3 Å². The summed E-state index contributed by atoms with van der Waals surface area (Å²) in [4.78, 5) is 0. The molecule has 1 aromatic heterocycles. The molecule has 1 N–H and O–H groups in total. The van der Waals surface area contributed by atoms with Gasteiger partial charge < -0.3 is 10.1 Å². The Morgan fingerprint density at radius 1 is 1.08 bits per heavy atom. The summed E-state index contributed by atoms with van der Waals surface area (Å²) in [6.07, 6.45) is 0. The van der Waals surface area contributed by atoms with Crippen molar-refractivity contribution in [1.29, 1.82) is 0 Å². The highest BCUT2D eigenvalue weighted by Crippen LogP contribution is 2.22. The molecule has 5 nitrogen and oxygen atoms in total. The first-order valence-electron chi connectivity index (χ1n) is 7.89. The summed E-state index contributed by atoms with van der Waals surface area (Å²) >= 11 is 7.56. The summed E-state index contributed by atoms with van der Waals surface area (Å²) in [6, 6.07) is 17.7. The quantitative estimate of drug-likeness (QED) is 0.471. The van der Waals surface area contributed by atoms with Gasteiger partial charge in [-0.25, -0.2) is 0 Å². The summed E-state index contributed by atoms with van der Waals surface area (Å²) < 4.78 is 7.20. The Bertz CT molecular complexity index is 793. The normalized spacial score (nSPS) is 10.8. The number of para-hydroxylation sites is 1. The summed E-state index contributed by atoms with van der Waals surface area (Å²) in [5.74, 6) is 1.67. The predicted molar refractivity (Wildman–Crippen MR) is 103 cm³/mol. The lowest BCUT2D eigenvalue weighted by atomic mass is 10.3. The first kappa shape index (κ1) is 17.8. The number of halogens is 1. The molecule has 0 fully saturated rings. The van der Waals surface area contributed by atoms with Crippen LogP contribution in [0.1, 0.15) is 5.82 Å². The molecule has 0 atom stereocenters. The second kappa shape index (κ2) is 8.89. The van der Waals surface area contributed by atoms with E-state index in [1.165, 1.54) is 0 Å². The Morgan fingerprint density at radius 2 is 1.84 bits per heavy atom. The lowest BCUT2D eigenvalue weighted by Gasteiger charge is -2.11. The van der Waals surface area contributed by atoms with Gasteiger partial charge in [-0.1, -0.05) is 41.6 Å². The number of hydrogen-bond donors (Lipinski definition) is 1. The highest BCUT2D eigenvalue weighted by atomic mass is 35.5. The molecule has 0 spiro atoms. The van der Waals surface area contributed by atoms with Crippen molar-refractivity contribution in [3.8, 4) is 5.69 Å². The zero-order chi connectivity index (χ0) is 17.5. The van der Waals surface area contributed by atoms with Crippen LogP contribution in [-0.2, 0) is 11.3 Å².